The molecule has 1 aromatic rings. The molecule has 0 aliphatic rings. The zero-order chi connectivity index (χ0) is 11.8. The van der Waals surface area contributed by atoms with Crippen molar-refractivity contribution in [2.24, 2.45) is 0 Å². The highest BCUT2D eigenvalue weighted by atomic mass is 16.5. The van der Waals surface area contributed by atoms with Gasteiger partial charge in [0.15, 0.2) is 0 Å². The Kier molecular flexibility index (Phi) is 5.27. The van der Waals surface area contributed by atoms with Crippen molar-refractivity contribution in [1.29, 1.82) is 0 Å². The Morgan fingerprint density at radius 2 is 1.62 bits per heavy atom. The van der Waals surface area contributed by atoms with E-state index in [1.165, 1.54) is 0 Å². The van der Waals surface area contributed by atoms with Crippen molar-refractivity contribution >= 4 is 11.9 Å². The third-order valence-electron chi connectivity index (χ3n) is 1.61. The standard InChI is InChI=1S/C9H17N5O2/c1-3-10-7-12-8(11-4-2)14-9(13-7)16-6-5-15/h15H,3-6H2,1-2H3,(H2,10,11,12,13,14). The predicted molar refractivity (Wildman–Crippen MR) is 60.7 cm³/mol. The Morgan fingerprint density at radius 1 is 1.06 bits per heavy atom. The van der Waals surface area contributed by atoms with Crippen LogP contribution in [0.3, 0.4) is 0 Å². The molecular formula is C9H17N5O2. The Labute approximate surface area is 94.3 Å². The number of anilines is 2. The number of nitrogens with one attached hydrogen (secondary N) is 2. The maximum atomic E-state index is 8.65. The summed E-state index contributed by atoms with van der Waals surface area (Å²) in [6.07, 6.45) is 0. The fourth-order valence-electron chi connectivity index (χ4n) is 1.03. The molecule has 0 amide bonds. The van der Waals surface area contributed by atoms with Crippen molar-refractivity contribution in [2.75, 3.05) is 36.9 Å². The van der Waals surface area contributed by atoms with Gasteiger partial charge in [0, 0.05) is 13.1 Å². The number of hydrogen-bond donors (Lipinski definition) is 3. The minimum absolute atomic E-state index is 0.0707. The van der Waals surface area contributed by atoms with Crippen molar-refractivity contribution < 1.29 is 9.84 Å². The third-order valence-corrected chi connectivity index (χ3v) is 1.61. The van der Waals surface area contributed by atoms with E-state index in [4.69, 9.17) is 9.84 Å². The van der Waals surface area contributed by atoms with E-state index in [-0.39, 0.29) is 19.2 Å². The van der Waals surface area contributed by atoms with Gasteiger partial charge in [0.05, 0.1) is 6.61 Å². The lowest BCUT2D eigenvalue weighted by molar-refractivity contribution is 0.191. The maximum absolute atomic E-state index is 8.65. The summed E-state index contributed by atoms with van der Waals surface area (Å²) in [6.45, 7) is 5.43. The second-order valence-electron chi connectivity index (χ2n) is 2.90. The molecule has 0 radical (unpaired) electrons. The number of rotatable bonds is 7. The molecular weight excluding hydrogens is 210 g/mol. The van der Waals surface area contributed by atoms with Gasteiger partial charge in [-0.3, -0.25) is 0 Å². The van der Waals surface area contributed by atoms with E-state index >= 15 is 0 Å². The van der Waals surface area contributed by atoms with E-state index in [1.54, 1.807) is 0 Å². The van der Waals surface area contributed by atoms with Crippen LogP contribution in [0, 0.1) is 0 Å². The number of aliphatic hydroxyl groups excluding tert-OH is 1. The summed E-state index contributed by atoms with van der Waals surface area (Å²) in [4.78, 5) is 12.2. The minimum atomic E-state index is -0.0707. The van der Waals surface area contributed by atoms with E-state index in [0.29, 0.717) is 11.9 Å². The van der Waals surface area contributed by atoms with Gasteiger partial charge in [0.2, 0.25) is 11.9 Å². The zero-order valence-electron chi connectivity index (χ0n) is 9.53. The molecule has 0 aliphatic heterocycles. The first kappa shape index (κ1) is 12.4. The smallest absolute Gasteiger partial charge is 0.323 e. The van der Waals surface area contributed by atoms with E-state index in [0.717, 1.165) is 13.1 Å². The molecule has 1 rings (SSSR count). The summed E-state index contributed by atoms with van der Waals surface area (Å²) >= 11 is 0. The quantitative estimate of drug-likeness (QED) is 0.608. The van der Waals surface area contributed by atoms with Gasteiger partial charge in [-0.2, -0.15) is 15.0 Å². The molecule has 1 aromatic heterocycles. The molecule has 0 spiro atoms. The number of aliphatic hydroxyl groups is 1. The van der Waals surface area contributed by atoms with Gasteiger partial charge in [-0.25, -0.2) is 0 Å². The summed E-state index contributed by atoms with van der Waals surface area (Å²) in [7, 11) is 0. The largest absolute Gasteiger partial charge is 0.461 e. The van der Waals surface area contributed by atoms with Gasteiger partial charge < -0.3 is 20.5 Å². The summed E-state index contributed by atoms with van der Waals surface area (Å²) in [6, 6.07) is 0.205. The second-order valence-corrected chi connectivity index (χ2v) is 2.90. The van der Waals surface area contributed by atoms with Gasteiger partial charge in [0.25, 0.3) is 0 Å². The van der Waals surface area contributed by atoms with Crippen LogP contribution in [-0.2, 0) is 0 Å². The molecule has 0 aliphatic carbocycles. The number of hydrogen-bond acceptors (Lipinski definition) is 7. The molecule has 0 atom stereocenters. The van der Waals surface area contributed by atoms with Crippen molar-refractivity contribution in [1.82, 2.24) is 15.0 Å². The van der Waals surface area contributed by atoms with Crippen LogP contribution in [0.1, 0.15) is 13.8 Å². The Morgan fingerprint density at radius 3 is 2.06 bits per heavy atom. The fraction of sp³-hybridized carbons (Fsp3) is 0.667. The Bertz CT molecular complexity index is 297. The molecule has 0 aromatic carbocycles. The fourth-order valence-corrected chi connectivity index (χ4v) is 1.03. The van der Waals surface area contributed by atoms with Crippen LogP contribution < -0.4 is 15.4 Å². The molecule has 7 heteroatoms. The van der Waals surface area contributed by atoms with Crippen molar-refractivity contribution in [3.63, 3.8) is 0 Å². The van der Waals surface area contributed by atoms with E-state index in [1.807, 2.05) is 13.8 Å². The summed E-state index contributed by atoms with van der Waals surface area (Å²) < 4.78 is 5.14. The third kappa shape index (κ3) is 3.85. The summed E-state index contributed by atoms with van der Waals surface area (Å²) in [5.74, 6) is 0.919. The van der Waals surface area contributed by atoms with Crippen LogP contribution in [-0.4, -0.2) is 46.4 Å². The van der Waals surface area contributed by atoms with Gasteiger partial charge in [-0.1, -0.05) is 0 Å². The lowest BCUT2D eigenvalue weighted by Gasteiger charge is -2.08. The number of aromatic nitrogens is 3. The van der Waals surface area contributed by atoms with E-state index in [9.17, 15) is 0 Å². The van der Waals surface area contributed by atoms with Crippen LogP contribution in [0.2, 0.25) is 0 Å². The van der Waals surface area contributed by atoms with Crippen LogP contribution in [0.4, 0.5) is 11.9 Å². The normalized spacial score (nSPS) is 9.94. The predicted octanol–water partition coefficient (Wildman–Crippen LogP) is 0.106. The topological polar surface area (TPSA) is 92.2 Å². The van der Waals surface area contributed by atoms with Crippen molar-refractivity contribution in [2.45, 2.75) is 13.8 Å². The molecule has 3 N–H and O–H groups in total. The second kappa shape index (κ2) is 6.78. The summed E-state index contributed by atoms with van der Waals surface area (Å²) in [5, 5.41) is 14.6. The molecule has 0 unspecified atom stereocenters. The molecule has 90 valence electrons. The molecule has 0 saturated carbocycles. The van der Waals surface area contributed by atoms with Crippen molar-refractivity contribution in [3.8, 4) is 6.01 Å². The van der Waals surface area contributed by atoms with Crippen LogP contribution >= 0.6 is 0 Å². The molecule has 0 fully saturated rings. The first-order chi connectivity index (χ1) is 7.80. The van der Waals surface area contributed by atoms with Gasteiger partial charge in [-0.15, -0.1) is 0 Å². The lowest BCUT2D eigenvalue weighted by Crippen LogP contribution is -2.12. The number of ether oxygens (including phenoxy) is 1. The first-order valence-electron chi connectivity index (χ1n) is 5.27. The Hall–Kier alpha value is -1.63. The highest BCUT2D eigenvalue weighted by Crippen LogP contribution is 2.10. The highest BCUT2D eigenvalue weighted by Gasteiger charge is 2.05. The molecule has 0 bridgehead atoms. The lowest BCUT2D eigenvalue weighted by atomic mass is 10.7. The van der Waals surface area contributed by atoms with Gasteiger partial charge >= 0.3 is 6.01 Å². The zero-order valence-corrected chi connectivity index (χ0v) is 9.53. The monoisotopic (exact) mass is 227 g/mol. The Balaban J connectivity index is 2.80. The average molecular weight is 227 g/mol. The number of nitrogens with zero attached hydrogens (tertiary/aromatic N) is 3. The highest BCUT2D eigenvalue weighted by molar-refractivity contribution is 5.35. The maximum Gasteiger partial charge on any atom is 0.323 e. The molecule has 7 nitrogen and oxygen atoms in total. The molecule has 0 saturated heterocycles. The minimum Gasteiger partial charge on any atom is -0.461 e. The first-order valence-corrected chi connectivity index (χ1v) is 5.27. The van der Waals surface area contributed by atoms with Crippen LogP contribution in [0.25, 0.3) is 0 Å². The van der Waals surface area contributed by atoms with Crippen LogP contribution in [0.5, 0.6) is 6.01 Å². The molecule has 16 heavy (non-hydrogen) atoms. The van der Waals surface area contributed by atoms with Gasteiger partial charge in [-0.05, 0) is 13.8 Å². The van der Waals surface area contributed by atoms with Crippen LogP contribution in [0.15, 0.2) is 0 Å². The average Bonchev–Trinajstić information content (AvgIpc) is 2.27. The SMILES string of the molecule is CCNc1nc(NCC)nc(OCCO)n1. The van der Waals surface area contributed by atoms with E-state index in [2.05, 4.69) is 25.6 Å². The van der Waals surface area contributed by atoms with Crippen molar-refractivity contribution in [3.05, 3.63) is 0 Å². The van der Waals surface area contributed by atoms with E-state index < -0.39 is 0 Å². The van der Waals surface area contributed by atoms with Gasteiger partial charge in [0.1, 0.15) is 6.61 Å². The molecule has 1 heterocycles. The summed E-state index contributed by atoms with van der Waals surface area (Å²) in [5.41, 5.74) is 0.